The predicted molar refractivity (Wildman–Crippen MR) is 49.3 cm³/mol. The molecule has 0 heterocycles. The maximum Gasteiger partial charge on any atom is 0.00674 e. The molecule has 1 aliphatic rings. The van der Waals surface area contributed by atoms with Crippen molar-refractivity contribution in [3.63, 3.8) is 0 Å². The van der Waals surface area contributed by atoms with Crippen LogP contribution in [0.1, 0.15) is 40.5 Å². The predicted octanol–water partition coefficient (Wildman–Crippen LogP) is 2.41. The van der Waals surface area contributed by atoms with Crippen LogP contribution in [0.3, 0.4) is 0 Å². The normalized spacial score (nSPS) is 43.9. The summed E-state index contributed by atoms with van der Waals surface area (Å²) in [4.78, 5) is 0. The lowest BCUT2D eigenvalue weighted by Gasteiger charge is -2.43. The quantitative estimate of drug-likeness (QED) is 0.571. The second-order valence-electron chi connectivity index (χ2n) is 4.97. The van der Waals surface area contributed by atoms with Crippen LogP contribution in [0.5, 0.6) is 0 Å². The molecule has 0 aliphatic heterocycles. The Bertz CT molecular complexity index is 140. The molecule has 1 heteroatoms. The highest BCUT2D eigenvalue weighted by Gasteiger charge is 2.35. The highest BCUT2D eigenvalue weighted by atomic mass is 14.7. The Labute approximate surface area is 70.4 Å². The van der Waals surface area contributed by atoms with Crippen LogP contribution in [0.25, 0.3) is 0 Å². The van der Waals surface area contributed by atoms with E-state index in [2.05, 4.69) is 27.7 Å². The molecule has 2 N–H and O–H groups in total. The van der Waals surface area contributed by atoms with Gasteiger partial charge in [-0.15, -0.1) is 0 Å². The van der Waals surface area contributed by atoms with Gasteiger partial charge in [0.15, 0.2) is 0 Å². The van der Waals surface area contributed by atoms with E-state index in [1.54, 1.807) is 0 Å². The van der Waals surface area contributed by atoms with E-state index in [1.165, 1.54) is 12.8 Å². The van der Waals surface area contributed by atoms with Crippen LogP contribution in [0.2, 0.25) is 0 Å². The lowest BCUT2D eigenvalue weighted by Crippen LogP contribution is -2.42. The zero-order valence-electron chi connectivity index (χ0n) is 8.22. The van der Waals surface area contributed by atoms with E-state index in [1.807, 2.05) is 0 Å². The van der Waals surface area contributed by atoms with E-state index in [0.29, 0.717) is 17.4 Å². The molecule has 0 radical (unpaired) electrons. The van der Waals surface area contributed by atoms with Gasteiger partial charge < -0.3 is 5.73 Å². The first kappa shape index (κ1) is 9.05. The molecule has 0 spiro atoms. The third-order valence-electron chi connectivity index (χ3n) is 3.54. The van der Waals surface area contributed by atoms with Crippen molar-refractivity contribution in [3.8, 4) is 0 Å². The summed E-state index contributed by atoms with van der Waals surface area (Å²) in [5.74, 6) is 1.50. The minimum atomic E-state index is 0.443. The molecular formula is C10H21N. The van der Waals surface area contributed by atoms with Gasteiger partial charge in [0.1, 0.15) is 0 Å². The summed E-state index contributed by atoms with van der Waals surface area (Å²) in [6.07, 6.45) is 2.49. The van der Waals surface area contributed by atoms with Gasteiger partial charge in [-0.1, -0.05) is 27.7 Å². The van der Waals surface area contributed by atoms with Crippen molar-refractivity contribution in [2.24, 2.45) is 23.0 Å². The van der Waals surface area contributed by atoms with Crippen molar-refractivity contribution >= 4 is 0 Å². The summed E-state index contributed by atoms with van der Waals surface area (Å²) in [5.41, 5.74) is 6.50. The van der Waals surface area contributed by atoms with Crippen molar-refractivity contribution in [2.75, 3.05) is 0 Å². The van der Waals surface area contributed by atoms with Gasteiger partial charge in [-0.2, -0.15) is 0 Å². The van der Waals surface area contributed by atoms with Crippen LogP contribution >= 0.6 is 0 Å². The molecule has 1 rings (SSSR count). The summed E-state index contributed by atoms with van der Waals surface area (Å²) in [7, 11) is 0. The highest BCUT2D eigenvalue weighted by Crippen LogP contribution is 2.42. The maximum atomic E-state index is 5.99. The van der Waals surface area contributed by atoms with Gasteiger partial charge in [-0.05, 0) is 30.1 Å². The topological polar surface area (TPSA) is 26.0 Å². The van der Waals surface area contributed by atoms with Crippen molar-refractivity contribution < 1.29 is 0 Å². The third-order valence-corrected chi connectivity index (χ3v) is 3.54. The second-order valence-corrected chi connectivity index (χ2v) is 4.97. The first-order chi connectivity index (χ1) is 4.93. The second kappa shape index (κ2) is 2.78. The summed E-state index contributed by atoms with van der Waals surface area (Å²) in [5, 5.41) is 0. The van der Waals surface area contributed by atoms with Gasteiger partial charge in [0.2, 0.25) is 0 Å². The van der Waals surface area contributed by atoms with Crippen LogP contribution in [0.15, 0.2) is 0 Å². The fourth-order valence-electron chi connectivity index (χ4n) is 2.14. The maximum absolute atomic E-state index is 5.99. The van der Waals surface area contributed by atoms with Crippen molar-refractivity contribution in [3.05, 3.63) is 0 Å². The molecule has 1 saturated carbocycles. The SMILES string of the molecule is CC1CC(C)(C)[C@H](C)C[C@@H]1N. The highest BCUT2D eigenvalue weighted by molar-refractivity contribution is 4.89. The zero-order chi connectivity index (χ0) is 8.65. The van der Waals surface area contributed by atoms with E-state index in [0.717, 1.165) is 5.92 Å². The molecule has 3 atom stereocenters. The summed E-state index contributed by atoms with van der Waals surface area (Å²) >= 11 is 0. The lowest BCUT2D eigenvalue weighted by molar-refractivity contribution is 0.0977. The molecular weight excluding hydrogens is 134 g/mol. The van der Waals surface area contributed by atoms with Crippen molar-refractivity contribution in [1.29, 1.82) is 0 Å². The number of rotatable bonds is 0. The van der Waals surface area contributed by atoms with Gasteiger partial charge in [0.25, 0.3) is 0 Å². The molecule has 0 aromatic heterocycles. The average Bonchev–Trinajstić information content (AvgIpc) is 1.83. The Morgan fingerprint density at radius 2 is 1.82 bits per heavy atom. The van der Waals surface area contributed by atoms with Gasteiger partial charge in [0.05, 0.1) is 0 Å². The molecule has 11 heavy (non-hydrogen) atoms. The molecule has 1 nitrogen and oxygen atoms in total. The summed E-state index contributed by atoms with van der Waals surface area (Å²) in [6, 6.07) is 0.443. The van der Waals surface area contributed by atoms with Crippen LogP contribution < -0.4 is 5.73 Å². The minimum Gasteiger partial charge on any atom is -0.327 e. The molecule has 0 amide bonds. The zero-order valence-corrected chi connectivity index (χ0v) is 8.22. The Morgan fingerprint density at radius 1 is 1.27 bits per heavy atom. The molecule has 0 bridgehead atoms. The van der Waals surface area contributed by atoms with Crippen LogP contribution in [-0.2, 0) is 0 Å². The molecule has 1 fully saturated rings. The van der Waals surface area contributed by atoms with E-state index < -0.39 is 0 Å². The lowest BCUT2D eigenvalue weighted by atomic mass is 9.64. The molecule has 1 unspecified atom stereocenters. The Morgan fingerprint density at radius 3 is 2.27 bits per heavy atom. The first-order valence-corrected chi connectivity index (χ1v) is 4.69. The van der Waals surface area contributed by atoms with E-state index in [9.17, 15) is 0 Å². The van der Waals surface area contributed by atoms with Crippen LogP contribution in [0, 0.1) is 17.3 Å². The largest absolute Gasteiger partial charge is 0.327 e. The molecule has 66 valence electrons. The third kappa shape index (κ3) is 1.76. The fraction of sp³-hybridized carbons (Fsp3) is 1.00. The van der Waals surface area contributed by atoms with Gasteiger partial charge in [-0.25, -0.2) is 0 Å². The molecule has 1 aliphatic carbocycles. The Hall–Kier alpha value is -0.0400. The summed E-state index contributed by atoms with van der Waals surface area (Å²) in [6.45, 7) is 9.32. The van der Waals surface area contributed by atoms with E-state index in [-0.39, 0.29) is 0 Å². The van der Waals surface area contributed by atoms with Gasteiger partial charge >= 0.3 is 0 Å². The fourth-order valence-corrected chi connectivity index (χ4v) is 2.14. The van der Waals surface area contributed by atoms with Crippen LogP contribution in [0.4, 0.5) is 0 Å². The molecule has 0 aromatic carbocycles. The van der Waals surface area contributed by atoms with E-state index in [4.69, 9.17) is 5.73 Å². The van der Waals surface area contributed by atoms with Gasteiger partial charge in [0, 0.05) is 6.04 Å². The minimum absolute atomic E-state index is 0.443. The summed E-state index contributed by atoms with van der Waals surface area (Å²) < 4.78 is 0. The van der Waals surface area contributed by atoms with Crippen LogP contribution in [-0.4, -0.2) is 6.04 Å². The Kier molecular flexibility index (Phi) is 2.29. The first-order valence-electron chi connectivity index (χ1n) is 4.69. The van der Waals surface area contributed by atoms with Crippen molar-refractivity contribution in [1.82, 2.24) is 0 Å². The monoisotopic (exact) mass is 155 g/mol. The van der Waals surface area contributed by atoms with E-state index >= 15 is 0 Å². The number of nitrogens with two attached hydrogens (primary N) is 1. The molecule has 0 saturated heterocycles. The Balaban J connectivity index is 2.63. The average molecular weight is 155 g/mol. The smallest absolute Gasteiger partial charge is 0.00674 e. The number of hydrogen-bond acceptors (Lipinski definition) is 1. The molecule has 0 aromatic rings. The standard InChI is InChI=1S/C10H21N/c1-7-6-10(3,4)8(2)5-9(7)11/h7-9H,5-6,11H2,1-4H3/t7?,8-,9+/m1/s1. The van der Waals surface area contributed by atoms with Gasteiger partial charge in [-0.3, -0.25) is 0 Å². The van der Waals surface area contributed by atoms with Crippen molar-refractivity contribution in [2.45, 2.75) is 46.6 Å². The number of hydrogen-bond donors (Lipinski definition) is 1.